The van der Waals surface area contributed by atoms with E-state index in [-0.39, 0.29) is 22.1 Å². The van der Waals surface area contributed by atoms with Crippen LogP contribution in [0.2, 0.25) is 0 Å². The van der Waals surface area contributed by atoms with Gasteiger partial charge >= 0.3 is 0 Å². The molecule has 2 bridgehead atoms. The number of rotatable bonds is 0. The molecule has 3 heterocycles. The minimum absolute atomic E-state index is 0.145. The first-order valence-electron chi connectivity index (χ1n) is 6.15. The first-order chi connectivity index (χ1) is 7.55. The Morgan fingerprint density at radius 3 is 2.44 bits per heavy atom. The molecule has 1 spiro atoms. The van der Waals surface area contributed by atoms with Gasteiger partial charge in [0.25, 0.3) is 0 Å². The van der Waals surface area contributed by atoms with Gasteiger partial charge in [-0.1, -0.05) is 0 Å². The van der Waals surface area contributed by atoms with Crippen LogP contribution >= 0.6 is 0 Å². The topological polar surface area (TPSA) is 55.4 Å². The highest BCUT2D eigenvalue weighted by molar-refractivity contribution is 7.93. The summed E-state index contributed by atoms with van der Waals surface area (Å²) >= 11 is 0. The number of sulfone groups is 1. The molecule has 0 aromatic carbocycles. The minimum Gasteiger partial charge on any atom is -0.372 e. The van der Waals surface area contributed by atoms with Gasteiger partial charge < -0.3 is 10.1 Å². The minimum atomic E-state index is -2.84. The molecule has 4 nitrogen and oxygen atoms in total. The van der Waals surface area contributed by atoms with E-state index in [1.54, 1.807) is 0 Å². The van der Waals surface area contributed by atoms with Crippen LogP contribution in [0.15, 0.2) is 0 Å². The Kier molecular flexibility index (Phi) is 2.36. The summed E-state index contributed by atoms with van der Waals surface area (Å²) < 4.78 is 30.0. The van der Waals surface area contributed by atoms with E-state index in [4.69, 9.17) is 4.74 Å². The van der Waals surface area contributed by atoms with Crippen LogP contribution in [0.1, 0.15) is 32.6 Å². The molecule has 0 saturated carbocycles. The van der Waals surface area contributed by atoms with Crippen LogP contribution in [-0.4, -0.2) is 43.7 Å². The standard InChI is InChI=1S/C11H19NO3S/c1-8-11(15-5-4-12-8)6-9-2-3-10(7-11)16(9,13)14/h8-10,12H,2-7H2,1H3. The zero-order valence-electron chi connectivity index (χ0n) is 9.61. The summed E-state index contributed by atoms with van der Waals surface area (Å²) in [4.78, 5) is 0. The van der Waals surface area contributed by atoms with Gasteiger partial charge in [-0.15, -0.1) is 0 Å². The fraction of sp³-hybridized carbons (Fsp3) is 1.00. The van der Waals surface area contributed by atoms with Crippen molar-refractivity contribution in [2.24, 2.45) is 0 Å². The lowest BCUT2D eigenvalue weighted by molar-refractivity contribution is -0.103. The SMILES string of the molecule is CC1NCCOC12CC1CCC(C2)S1(=O)=O. The molecule has 0 aliphatic carbocycles. The van der Waals surface area contributed by atoms with E-state index >= 15 is 0 Å². The summed E-state index contributed by atoms with van der Waals surface area (Å²) in [6.07, 6.45) is 3.07. The second kappa shape index (κ2) is 3.43. The fourth-order valence-electron chi connectivity index (χ4n) is 3.58. The van der Waals surface area contributed by atoms with Crippen molar-refractivity contribution in [3.05, 3.63) is 0 Å². The molecule has 3 fully saturated rings. The van der Waals surface area contributed by atoms with E-state index in [0.29, 0.717) is 19.4 Å². The van der Waals surface area contributed by atoms with Gasteiger partial charge in [0.05, 0.1) is 22.7 Å². The Morgan fingerprint density at radius 2 is 1.88 bits per heavy atom. The second-order valence-electron chi connectivity index (χ2n) is 5.41. The number of nitrogens with one attached hydrogen (secondary N) is 1. The smallest absolute Gasteiger partial charge is 0.156 e. The molecule has 0 aromatic rings. The number of hydrogen-bond acceptors (Lipinski definition) is 4. The molecule has 0 aromatic heterocycles. The van der Waals surface area contributed by atoms with Gasteiger partial charge in [-0.25, -0.2) is 8.42 Å². The van der Waals surface area contributed by atoms with Gasteiger partial charge in [-0.2, -0.15) is 0 Å². The monoisotopic (exact) mass is 245 g/mol. The Hall–Kier alpha value is -0.130. The van der Waals surface area contributed by atoms with E-state index in [1.165, 1.54) is 0 Å². The third-order valence-corrected chi connectivity index (χ3v) is 7.28. The van der Waals surface area contributed by atoms with E-state index in [9.17, 15) is 8.42 Å². The van der Waals surface area contributed by atoms with E-state index in [1.807, 2.05) is 0 Å². The average molecular weight is 245 g/mol. The van der Waals surface area contributed by atoms with Gasteiger partial charge in [-0.05, 0) is 32.6 Å². The Labute approximate surface area is 96.7 Å². The lowest BCUT2D eigenvalue weighted by atomic mass is 9.85. The van der Waals surface area contributed by atoms with Crippen molar-refractivity contribution in [3.8, 4) is 0 Å². The van der Waals surface area contributed by atoms with Crippen LogP contribution in [0, 0.1) is 0 Å². The quantitative estimate of drug-likeness (QED) is 0.674. The molecule has 3 saturated heterocycles. The molecular weight excluding hydrogens is 226 g/mol. The zero-order valence-corrected chi connectivity index (χ0v) is 10.4. The molecule has 16 heavy (non-hydrogen) atoms. The molecular formula is C11H19NO3S. The Morgan fingerprint density at radius 1 is 1.25 bits per heavy atom. The molecule has 3 atom stereocenters. The molecule has 0 amide bonds. The average Bonchev–Trinajstić information content (AvgIpc) is 2.45. The third kappa shape index (κ3) is 1.38. The highest BCUT2D eigenvalue weighted by Crippen LogP contribution is 2.46. The number of morpholine rings is 1. The second-order valence-corrected chi connectivity index (χ2v) is 7.92. The van der Waals surface area contributed by atoms with Crippen molar-refractivity contribution in [2.45, 2.75) is 54.7 Å². The van der Waals surface area contributed by atoms with Gasteiger partial charge in [0.2, 0.25) is 0 Å². The predicted octanol–water partition coefficient (Wildman–Crippen LogP) is 0.473. The number of ether oxygens (including phenoxy) is 1. The van der Waals surface area contributed by atoms with Gasteiger partial charge in [0, 0.05) is 12.6 Å². The number of fused-ring (bicyclic) bond motifs is 2. The van der Waals surface area contributed by atoms with Gasteiger partial charge in [-0.3, -0.25) is 0 Å². The summed E-state index contributed by atoms with van der Waals surface area (Å²) in [5.74, 6) is 0. The number of hydrogen-bond donors (Lipinski definition) is 1. The molecule has 5 heteroatoms. The van der Waals surface area contributed by atoms with Crippen LogP contribution in [0.5, 0.6) is 0 Å². The van der Waals surface area contributed by atoms with Crippen molar-refractivity contribution >= 4 is 9.84 Å². The van der Waals surface area contributed by atoms with Crippen LogP contribution < -0.4 is 5.32 Å². The lowest BCUT2D eigenvalue weighted by Crippen LogP contribution is -2.61. The van der Waals surface area contributed by atoms with Crippen molar-refractivity contribution in [1.82, 2.24) is 5.32 Å². The summed E-state index contributed by atoms with van der Waals surface area (Å²) in [6, 6.07) is 0.278. The Balaban J connectivity index is 1.91. The summed E-state index contributed by atoms with van der Waals surface area (Å²) in [5, 5.41) is 3.13. The molecule has 3 unspecified atom stereocenters. The predicted molar refractivity (Wildman–Crippen MR) is 61.1 cm³/mol. The Bertz CT molecular complexity index is 372. The normalized spacial score (nSPS) is 50.7. The van der Waals surface area contributed by atoms with Gasteiger partial charge in [0.15, 0.2) is 9.84 Å². The van der Waals surface area contributed by atoms with E-state index in [0.717, 1.165) is 19.4 Å². The van der Waals surface area contributed by atoms with Crippen LogP contribution in [0.25, 0.3) is 0 Å². The fourth-order valence-corrected chi connectivity index (χ4v) is 6.08. The van der Waals surface area contributed by atoms with Crippen molar-refractivity contribution in [1.29, 1.82) is 0 Å². The summed E-state index contributed by atoms with van der Waals surface area (Å²) in [7, 11) is -2.84. The van der Waals surface area contributed by atoms with Crippen LogP contribution in [0.3, 0.4) is 0 Å². The zero-order chi connectivity index (χ0) is 11.4. The first-order valence-corrected chi connectivity index (χ1v) is 7.76. The maximum absolute atomic E-state index is 12.0. The summed E-state index contributed by atoms with van der Waals surface area (Å²) in [5.41, 5.74) is -0.213. The van der Waals surface area contributed by atoms with E-state index < -0.39 is 9.84 Å². The lowest BCUT2D eigenvalue weighted by Gasteiger charge is -2.47. The molecule has 3 rings (SSSR count). The summed E-state index contributed by atoms with van der Waals surface area (Å²) in [6.45, 7) is 3.71. The van der Waals surface area contributed by atoms with Crippen molar-refractivity contribution in [2.75, 3.05) is 13.2 Å². The molecule has 1 N–H and O–H groups in total. The van der Waals surface area contributed by atoms with Crippen LogP contribution in [-0.2, 0) is 14.6 Å². The molecule has 92 valence electrons. The van der Waals surface area contributed by atoms with E-state index in [2.05, 4.69) is 12.2 Å². The molecule has 0 radical (unpaired) electrons. The molecule has 3 aliphatic rings. The molecule has 3 aliphatic heterocycles. The van der Waals surface area contributed by atoms with Crippen molar-refractivity contribution in [3.63, 3.8) is 0 Å². The largest absolute Gasteiger partial charge is 0.372 e. The maximum atomic E-state index is 12.0. The third-order valence-electron chi connectivity index (χ3n) is 4.62. The maximum Gasteiger partial charge on any atom is 0.156 e. The highest BCUT2D eigenvalue weighted by Gasteiger charge is 2.56. The van der Waals surface area contributed by atoms with Crippen LogP contribution in [0.4, 0.5) is 0 Å². The van der Waals surface area contributed by atoms with Gasteiger partial charge in [0.1, 0.15) is 0 Å². The first kappa shape index (κ1) is 11.0. The highest BCUT2D eigenvalue weighted by atomic mass is 32.2. The van der Waals surface area contributed by atoms with Crippen molar-refractivity contribution < 1.29 is 13.2 Å².